The highest BCUT2D eigenvalue weighted by Crippen LogP contribution is 2.36. The maximum atomic E-state index is 12.1. The van der Waals surface area contributed by atoms with Crippen molar-refractivity contribution in [1.29, 1.82) is 0 Å². The second-order valence-electron chi connectivity index (χ2n) is 15.7. The van der Waals surface area contributed by atoms with Gasteiger partial charge in [0, 0.05) is 12.8 Å². The molecule has 0 aliphatic carbocycles. The molecule has 0 saturated heterocycles. The second-order valence-corrected chi connectivity index (χ2v) is 17.0. The Morgan fingerprint density at radius 1 is 0.415 bits per heavy atom. The van der Waals surface area contributed by atoms with Gasteiger partial charge in [0.15, 0.2) is 6.10 Å². The van der Waals surface area contributed by atoms with Gasteiger partial charge in [-0.1, -0.05) is 226 Å². The van der Waals surface area contributed by atoms with Crippen molar-refractivity contribution in [1.82, 2.24) is 0 Å². The van der Waals surface area contributed by atoms with Crippen LogP contribution in [0.2, 0.25) is 0 Å². The zero-order valence-electron chi connectivity index (χ0n) is 34.9. The van der Waals surface area contributed by atoms with Crippen LogP contribution in [0, 0.1) is 0 Å². The van der Waals surface area contributed by atoms with Gasteiger partial charge in [-0.3, -0.25) is 14.1 Å². The van der Waals surface area contributed by atoms with E-state index in [2.05, 4.69) is 11.4 Å². The first kappa shape index (κ1) is 52.0. The van der Waals surface area contributed by atoms with Gasteiger partial charge in [-0.25, -0.2) is 4.57 Å². The summed E-state index contributed by atoms with van der Waals surface area (Å²) in [5.74, 6) is -0.932. The number of esters is 2. The summed E-state index contributed by atoms with van der Waals surface area (Å²) in [6, 6.07) is 0. The number of carbonyl (C=O) groups is 2. The molecule has 316 valence electrons. The molecule has 0 aliphatic rings. The summed E-state index contributed by atoms with van der Waals surface area (Å²) in [6.07, 6.45) is 46.5. The predicted molar refractivity (Wildman–Crippen MR) is 221 cm³/mol. The van der Waals surface area contributed by atoms with Gasteiger partial charge in [-0.05, 0) is 12.8 Å². The Morgan fingerprint density at radius 3 is 1.00 bits per heavy atom. The number of rotatable bonds is 43. The first-order chi connectivity index (χ1) is 25.8. The van der Waals surface area contributed by atoms with Crippen LogP contribution in [0.25, 0.3) is 0 Å². The minimum atomic E-state index is -4.72. The van der Waals surface area contributed by atoms with Gasteiger partial charge in [0.2, 0.25) is 0 Å². The van der Waals surface area contributed by atoms with Crippen LogP contribution in [0.15, 0.2) is 0 Å². The van der Waals surface area contributed by atoms with Gasteiger partial charge >= 0.3 is 19.8 Å². The summed E-state index contributed by atoms with van der Waals surface area (Å²) < 4.78 is 25.7. The quantitative estimate of drug-likeness (QED) is 0.0357. The number of phosphoric acid groups is 1. The van der Waals surface area contributed by atoms with Crippen molar-refractivity contribution in [3.8, 4) is 0 Å². The number of unbranched alkanes of at least 4 members (excludes halogenated alkanes) is 33. The topological polar surface area (TPSA) is 119 Å². The molecule has 9 heteroatoms. The smallest absolute Gasteiger partial charge is 0.462 e. The molecule has 0 spiro atoms. The number of hydrogen-bond donors (Lipinski definition) is 2. The molecule has 0 fully saturated rings. The van der Waals surface area contributed by atoms with Gasteiger partial charge in [0.05, 0.1) is 6.61 Å². The molecule has 2 N–H and O–H groups in total. The summed E-state index contributed by atoms with van der Waals surface area (Å²) in [7, 11) is -4.72. The summed E-state index contributed by atoms with van der Waals surface area (Å²) in [5, 5.41) is 0. The highest BCUT2D eigenvalue weighted by Gasteiger charge is 2.22. The summed E-state index contributed by atoms with van der Waals surface area (Å²) in [4.78, 5) is 41.6. The SMILES string of the molecule is CCCCCCCCCCCCCCCCCCCCCCCCCCCCCCCCCCCCC(=O)OC[C@H](COP(=O)(O)O)OC(=O)CCC. The lowest BCUT2D eigenvalue weighted by Gasteiger charge is -2.18. The lowest BCUT2D eigenvalue weighted by molar-refractivity contribution is -0.161. The minimum absolute atomic E-state index is 0.167. The molecule has 0 heterocycles. The van der Waals surface area contributed by atoms with Crippen LogP contribution in [-0.4, -0.2) is 41.0 Å². The van der Waals surface area contributed by atoms with Crippen LogP contribution in [0.4, 0.5) is 0 Å². The van der Waals surface area contributed by atoms with Crippen LogP contribution < -0.4 is 0 Å². The van der Waals surface area contributed by atoms with E-state index in [0.717, 1.165) is 19.3 Å². The zero-order valence-corrected chi connectivity index (χ0v) is 35.8. The molecular formula is C44H87O8P. The maximum Gasteiger partial charge on any atom is 0.469 e. The molecule has 0 radical (unpaired) electrons. The van der Waals surface area contributed by atoms with E-state index >= 15 is 0 Å². The lowest BCUT2D eigenvalue weighted by Crippen LogP contribution is -2.29. The first-order valence-electron chi connectivity index (χ1n) is 22.8. The summed E-state index contributed by atoms with van der Waals surface area (Å²) in [5.41, 5.74) is 0. The van der Waals surface area contributed by atoms with Crippen molar-refractivity contribution in [2.24, 2.45) is 0 Å². The molecule has 1 atom stereocenters. The van der Waals surface area contributed by atoms with Crippen molar-refractivity contribution >= 4 is 19.8 Å². The number of hydrogen-bond acceptors (Lipinski definition) is 6. The fourth-order valence-electron chi connectivity index (χ4n) is 7.00. The second kappa shape index (κ2) is 40.7. The third-order valence-corrected chi connectivity index (χ3v) is 10.8. The maximum absolute atomic E-state index is 12.1. The van der Waals surface area contributed by atoms with E-state index in [0.29, 0.717) is 6.42 Å². The van der Waals surface area contributed by atoms with Gasteiger partial charge in [0.25, 0.3) is 0 Å². The molecule has 0 aromatic carbocycles. The molecule has 0 rings (SSSR count). The Kier molecular flexibility index (Phi) is 40.0. The van der Waals surface area contributed by atoms with E-state index in [1.165, 1.54) is 199 Å². The van der Waals surface area contributed by atoms with Crippen molar-refractivity contribution in [3.05, 3.63) is 0 Å². The largest absolute Gasteiger partial charge is 0.469 e. The van der Waals surface area contributed by atoms with E-state index in [4.69, 9.17) is 19.3 Å². The number of phosphoric ester groups is 1. The summed E-state index contributed by atoms with van der Waals surface area (Å²) in [6.45, 7) is 3.29. The molecule has 53 heavy (non-hydrogen) atoms. The number of ether oxygens (including phenoxy) is 2. The van der Waals surface area contributed by atoms with Crippen molar-refractivity contribution < 1.29 is 37.9 Å². The lowest BCUT2D eigenvalue weighted by atomic mass is 10.0. The van der Waals surface area contributed by atoms with Crippen LogP contribution in [0.5, 0.6) is 0 Å². The summed E-state index contributed by atoms with van der Waals surface area (Å²) >= 11 is 0. The van der Waals surface area contributed by atoms with E-state index in [1.54, 1.807) is 0 Å². The molecule has 0 aliphatic heterocycles. The van der Waals surface area contributed by atoms with Gasteiger partial charge in [-0.2, -0.15) is 0 Å². The van der Waals surface area contributed by atoms with Crippen molar-refractivity contribution in [3.63, 3.8) is 0 Å². The fraction of sp³-hybridized carbons (Fsp3) is 0.955. The van der Waals surface area contributed by atoms with Crippen molar-refractivity contribution in [2.45, 2.75) is 258 Å². The molecule has 0 aromatic heterocycles. The van der Waals surface area contributed by atoms with Crippen LogP contribution >= 0.6 is 7.82 Å². The van der Waals surface area contributed by atoms with Crippen LogP contribution in [-0.2, 0) is 28.2 Å². The standard InChI is InChI=1S/C44H87O8P/c1-3-5-6-7-8-9-10-11-12-13-14-15-16-17-18-19-20-21-22-23-24-25-26-27-28-29-30-31-32-33-34-35-36-37-39-43(45)50-40-42(41-51-53(47,48)49)52-44(46)38-4-2/h42H,3-41H2,1-2H3,(H2,47,48,49)/t42-/m1/s1. The Bertz CT molecular complexity index is 832. The monoisotopic (exact) mass is 775 g/mol. The Labute approximate surface area is 327 Å². The van der Waals surface area contributed by atoms with Gasteiger partial charge in [0.1, 0.15) is 6.61 Å². The normalized spacial score (nSPS) is 12.3. The van der Waals surface area contributed by atoms with E-state index in [9.17, 15) is 14.2 Å². The highest BCUT2D eigenvalue weighted by molar-refractivity contribution is 7.46. The molecule has 0 saturated carbocycles. The highest BCUT2D eigenvalue weighted by atomic mass is 31.2. The molecular weight excluding hydrogens is 687 g/mol. The van der Waals surface area contributed by atoms with E-state index < -0.39 is 32.5 Å². The minimum Gasteiger partial charge on any atom is -0.462 e. The third-order valence-electron chi connectivity index (χ3n) is 10.3. The molecule has 0 amide bonds. The van der Waals surface area contributed by atoms with E-state index in [-0.39, 0.29) is 19.4 Å². The molecule has 8 nitrogen and oxygen atoms in total. The Morgan fingerprint density at radius 2 is 0.717 bits per heavy atom. The molecule has 0 bridgehead atoms. The molecule has 0 unspecified atom stereocenters. The fourth-order valence-corrected chi connectivity index (χ4v) is 7.36. The van der Waals surface area contributed by atoms with Gasteiger partial charge in [-0.15, -0.1) is 0 Å². The van der Waals surface area contributed by atoms with Crippen LogP contribution in [0.3, 0.4) is 0 Å². The predicted octanol–water partition coefficient (Wildman–Crippen LogP) is 14.0. The van der Waals surface area contributed by atoms with E-state index in [1.807, 2.05) is 6.92 Å². The zero-order chi connectivity index (χ0) is 38.9. The Balaban J connectivity index is 3.35. The first-order valence-corrected chi connectivity index (χ1v) is 24.4. The van der Waals surface area contributed by atoms with Crippen molar-refractivity contribution in [2.75, 3.05) is 13.2 Å². The Hall–Kier alpha value is -0.950. The van der Waals surface area contributed by atoms with Gasteiger partial charge < -0.3 is 19.3 Å². The average Bonchev–Trinajstić information content (AvgIpc) is 3.12. The number of carbonyl (C=O) groups excluding carboxylic acids is 2. The molecule has 0 aromatic rings. The third kappa shape index (κ3) is 43.6. The van der Waals surface area contributed by atoms with Crippen LogP contribution in [0.1, 0.15) is 251 Å². The average molecular weight is 775 g/mol.